The molecule has 1 aromatic heterocycles. The molecule has 5 nitrogen and oxygen atoms in total. The summed E-state index contributed by atoms with van der Waals surface area (Å²) in [4.78, 5) is 11.1. The average Bonchev–Trinajstić information content (AvgIpc) is 2.83. The van der Waals surface area contributed by atoms with E-state index in [4.69, 9.17) is 0 Å². The lowest BCUT2D eigenvalue weighted by atomic mass is 9.65. The minimum atomic E-state index is -0.241. The first-order chi connectivity index (χ1) is 11.4. The van der Waals surface area contributed by atoms with Crippen LogP contribution in [0.1, 0.15) is 46.2 Å². The molecule has 0 aromatic carbocycles. The van der Waals surface area contributed by atoms with Crippen LogP contribution in [0.2, 0.25) is 0 Å². The van der Waals surface area contributed by atoms with E-state index in [9.17, 15) is 5.11 Å². The highest BCUT2D eigenvalue weighted by Gasteiger charge is 2.58. The van der Waals surface area contributed by atoms with Gasteiger partial charge in [0, 0.05) is 55.1 Å². The zero-order valence-electron chi connectivity index (χ0n) is 15.4. The number of aliphatic hydroxyl groups excluding tert-OH is 1. The van der Waals surface area contributed by atoms with Crippen molar-refractivity contribution in [2.45, 2.75) is 71.2 Å². The number of nitrogens with one attached hydrogen (secondary N) is 1. The van der Waals surface area contributed by atoms with Crippen molar-refractivity contribution in [2.75, 3.05) is 13.1 Å². The predicted molar refractivity (Wildman–Crippen MR) is 95.7 cm³/mol. The predicted octanol–water partition coefficient (Wildman–Crippen LogP) is 1.87. The Hall–Kier alpha value is -1.04. The fourth-order valence-corrected chi connectivity index (χ4v) is 5.24. The van der Waals surface area contributed by atoms with E-state index in [0.717, 1.165) is 38.0 Å². The fourth-order valence-electron chi connectivity index (χ4n) is 5.24. The Labute approximate surface area is 145 Å². The SMILES string of the molecule is CCN1CC2(C[C@@H](O)[C@H](NC(C)Cc3cnccn3)C2)C1C(C)C. The zero-order chi connectivity index (χ0) is 17.3. The highest BCUT2D eigenvalue weighted by Crippen LogP contribution is 2.52. The minimum absolute atomic E-state index is 0.192. The third kappa shape index (κ3) is 3.35. The average molecular weight is 332 g/mol. The molecule has 3 unspecified atom stereocenters. The first-order valence-electron chi connectivity index (χ1n) is 9.38. The molecule has 2 aliphatic rings. The normalized spacial score (nSPS) is 34.7. The molecule has 1 saturated heterocycles. The fraction of sp³-hybridized carbons (Fsp3) is 0.789. The number of rotatable bonds is 6. The molecular formula is C19H32N4O. The Morgan fingerprint density at radius 2 is 2.12 bits per heavy atom. The van der Waals surface area contributed by atoms with Gasteiger partial charge in [-0.2, -0.15) is 0 Å². The molecule has 0 bridgehead atoms. The molecule has 0 radical (unpaired) electrons. The lowest BCUT2D eigenvalue weighted by Gasteiger charge is -2.58. The lowest BCUT2D eigenvalue weighted by molar-refractivity contribution is -0.0964. The summed E-state index contributed by atoms with van der Waals surface area (Å²) in [6, 6.07) is 1.09. The van der Waals surface area contributed by atoms with Gasteiger partial charge in [-0.3, -0.25) is 14.9 Å². The first kappa shape index (κ1) is 17.8. The second kappa shape index (κ2) is 7.06. The van der Waals surface area contributed by atoms with Gasteiger partial charge in [-0.15, -0.1) is 0 Å². The molecule has 2 fully saturated rings. The van der Waals surface area contributed by atoms with Crippen LogP contribution in [-0.4, -0.2) is 57.3 Å². The van der Waals surface area contributed by atoms with Crippen molar-refractivity contribution in [3.05, 3.63) is 24.3 Å². The van der Waals surface area contributed by atoms with Crippen LogP contribution in [0.5, 0.6) is 0 Å². The van der Waals surface area contributed by atoms with Crippen LogP contribution >= 0.6 is 0 Å². The Balaban J connectivity index is 1.60. The van der Waals surface area contributed by atoms with Crippen LogP contribution in [0.25, 0.3) is 0 Å². The van der Waals surface area contributed by atoms with E-state index in [-0.39, 0.29) is 18.2 Å². The summed E-state index contributed by atoms with van der Waals surface area (Å²) in [5, 5.41) is 14.3. The molecule has 1 aromatic rings. The summed E-state index contributed by atoms with van der Waals surface area (Å²) in [6.45, 7) is 11.3. The molecular weight excluding hydrogens is 300 g/mol. The number of nitrogens with zero attached hydrogens (tertiary/aromatic N) is 3. The summed E-state index contributed by atoms with van der Waals surface area (Å²) >= 11 is 0. The van der Waals surface area contributed by atoms with Crippen molar-refractivity contribution in [3.8, 4) is 0 Å². The van der Waals surface area contributed by atoms with Crippen molar-refractivity contribution >= 4 is 0 Å². The summed E-state index contributed by atoms with van der Waals surface area (Å²) in [5.74, 6) is 0.640. The van der Waals surface area contributed by atoms with Gasteiger partial charge in [0.25, 0.3) is 0 Å². The molecule has 2 N–H and O–H groups in total. The van der Waals surface area contributed by atoms with E-state index >= 15 is 0 Å². The van der Waals surface area contributed by atoms with Crippen LogP contribution in [0.15, 0.2) is 18.6 Å². The number of aromatic nitrogens is 2. The van der Waals surface area contributed by atoms with Gasteiger partial charge >= 0.3 is 0 Å². The van der Waals surface area contributed by atoms with Gasteiger partial charge in [0.15, 0.2) is 0 Å². The zero-order valence-corrected chi connectivity index (χ0v) is 15.4. The summed E-state index contributed by atoms with van der Waals surface area (Å²) in [7, 11) is 0. The molecule has 5 heteroatoms. The summed E-state index contributed by atoms with van der Waals surface area (Å²) < 4.78 is 0. The second-order valence-corrected chi connectivity index (χ2v) is 8.17. The van der Waals surface area contributed by atoms with Gasteiger partial charge in [0.05, 0.1) is 11.8 Å². The molecule has 1 aliphatic carbocycles. The van der Waals surface area contributed by atoms with Crippen LogP contribution in [-0.2, 0) is 6.42 Å². The Morgan fingerprint density at radius 3 is 2.75 bits per heavy atom. The second-order valence-electron chi connectivity index (χ2n) is 8.17. The summed E-state index contributed by atoms with van der Waals surface area (Å²) in [6.07, 6.45) is 7.88. The van der Waals surface area contributed by atoms with Crippen LogP contribution in [0, 0.1) is 11.3 Å². The number of hydrogen-bond acceptors (Lipinski definition) is 5. The van der Waals surface area contributed by atoms with Gasteiger partial charge in [0.1, 0.15) is 0 Å². The smallest absolute Gasteiger partial charge is 0.0699 e. The van der Waals surface area contributed by atoms with Gasteiger partial charge in [-0.1, -0.05) is 20.8 Å². The molecule has 0 amide bonds. The Bertz CT molecular complexity index is 537. The quantitative estimate of drug-likeness (QED) is 0.833. The number of hydrogen-bond donors (Lipinski definition) is 2. The van der Waals surface area contributed by atoms with E-state index in [1.165, 1.54) is 0 Å². The van der Waals surface area contributed by atoms with E-state index in [1.807, 2.05) is 6.20 Å². The maximum Gasteiger partial charge on any atom is 0.0699 e. The van der Waals surface area contributed by atoms with Crippen molar-refractivity contribution in [3.63, 3.8) is 0 Å². The molecule has 1 spiro atoms. The highest BCUT2D eigenvalue weighted by atomic mass is 16.3. The van der Waals surface area contributed by atoms with Gasteiger partial charge in [-0.25, -0.2) is 0 Å². The largest absolute Gasteiger partial charge is 0.391 e. The number of aliphatic hydroxyl groups is 1. The van der Waals surface area contributed by atoms with Gasteiger partial charge in [0.2, 0.25) is 0 Å². The maximum atomic E-state index is 10.7. The van der Waals surface area contributed by atoms with Crippen LogP contribution in [0.4, 0.5) is 0 Å². The van der Waals surface area contributed by atoms with E-state index in [1.54, 1.807) is 12.4 Å². The third-order valence-corrected chi connectivity index (χ3v) is 5.91. The maximum absolute atomic E-state index is 10.7. The van der Waals surface area contributed by atoms with E-state index < -0.39 is 0 Å². The first-order valence-corrected chi connectivity index (χ1v) is 9.38. The lowest BCUT2D eigenvalue weighted by Crippen LogP contribution is -2.65. The molecule has 3 rings (SSSR count). The van der Waals surface area contributed by atoms with E-state index in [0.29, 0.717) is 17.4 Å². The monoisotopic (exact) mass is 332 g/mol. The van der Waals surface area contributed by atoms with Crippen molar-refractivity contribution in [1.82, 2.24) is 20.2 Å². The summed E-state index contributed by atoms with van der Waals surface area (Å²) in [5.41, 5.74) is 1.30. The van der Waals surface area contributed by atoms with Gasteiger partial charge < -0.3 is 10.4 Å². The molecule has 24 heavy (non-hydrogen) atoms. The van der Waals surface area contributed by atoms with E-state index in [2.05, 4.69) is 47.9 Å². The van der Waals surface area contributed by atoms with Crippen LogP contribution < -0.4 is 5.32 Å². The van der Waals surface area contributed by atoms with Crippen molar-refractivity contribution < 1.29 is 5.11 Å². The van der Waals surface area contributed by atoms with Crippen molar-refractivity contribution in [2.24, 2.45) is 11.3 Å². The molecule has 1 saturated carbocycles. The van der Waals surface area contributed by atoms with Gasteiger partial charge in [-0.05, 0) is 32.2 Å². The standard InChI is InChI=1S/C19H32N4O/c1-5-23-12-19(18(23)13(2)3)9-16(17(24)10-19)22-14(4)8-15-11-20-6-7-21-15/h6-7,11,13-14,16-18,22,24H,5,8-10,12H2,1-4H3/t14?,16-,17-,18?,19?/m1/s1. The molecule has 1 aliphatic heterocycles. The van der Waals surface area contributed by atoms with Crippen LogP contribution in [0.3, 0.4) is 0 Å². The Morgan fingerprint density at radius 1 is 1.33 bits per heavy atom. The minimum Gasteiger partial charge on any atom is -0.391 e. The molecule has 5 atom stereocenters. The van der Waals surface area contributed by atoms with Crippen molar-refractivity contribution in [1.29, 1.82) is 0 Å². The highest BCUT2D eigenvalue weighted by molar-refractivity contribution is 5.13. The molecule has 2 heterocycles. The number of likely N-dealkylation sites (tertiary alicyclic amines) is 1. The molecule has 134 valence electrons. The third-order valence-electron chi connectivity index (χ3n) is 5.91. The topological polar surface area (TPSA) is 61.3 Å². The Kier molecular flexibility index (Phi) is 5.23.